The van der Waals surface area contributed by atoms with Crippen molar-refractivity contribution in [1.82, 2.24) is 9.36 Å². The molecule has 1 heterocycles. The third kappa shape index (κ3) is 3.42. The highest BCUT2D eigenvalue weighted by Gasteiger charge is 2.34. The van der Waals surface area contributed by atoms with E-state index in [1.807, 2.05) is 11.8 Å². The van der Waals surface area contributed by atoms with Crippen LogP contribution >= 0.6 is 23.3 Å². The van der Waals surface area contributed by atoms with Crippen molar-refractivity contribution in [2.75, 3.05) is 0 Å². The number of nitrogens with two attached hydrogens (primary N) is 1. The molecule has 2 N–H and O–H groups in total. The minimum Gasteiger partial charge on any atom is -0.327 e. The number of hydrogen-bond donors (Lipinski definition) is 1. The molecule has 2 atom stereocenters. The van der Waals surface area contributed by atoms with Crippen molar-refractivity contribution in [3.05, 3.63) is 5.82 Å². The lowest BCUT2D eigenvalue weighted by Crippen LogP contribution is -2.41. The Kier molecular flexibility index (Phi) is 4.10. The lowest BCUT2D eigenvalue weighted by atomic mass is 9.75. The molecule has 0 bridgehead atoms. The molecule has 0 saturated heterocycles. The Hall–Kier alpha value is -0.130. The van der Waals surface area contributed by atoms with E-state index in [1.54, 1.807) is 0 Å². The molecule has 17 heavy (non-hydrogen) atoms. The first-order chi connectivity index (χ1) is 8.00. The topological polar surface area (TPSA) is 51.8 Å². The molecule has 0 aliphatic heterocycles. The summed E-state index contributed by atoms with van der Waals surface area (Å²) in [5.74, 6) is 0.959. The van der Waals surface area contributed by atoms with E-state index in [2.05, 4.69) is 30.1 Å². The molecule has 0 radical (unpaired) electrons. The molecule has 1 fully saturated rings. The average molecular weight is 271 g/mol. The quantitative estimate of drug-likeness (QED) is 0.918. The highest BCUT2D eigenvalue weighted by atomic mass is 32.2. The van der Waals surface area contributed by atoms with Gasteiger partial charge < -0.3 is 5.73 Å². The number of hydrogen-bond acceptors (Lipinski definition) is 5. The van der Waals surface area contributed by atoms with Gasteiger partial charge in [0.1, 0.15) is 5.82 Å². The Balaban J connectivity index is 2.01. The van der Waals surface area contributed by atoms with Gasteiger partial charge in [0.2, 0.25) is 0 Å². The number of rotatable bonds is 3. The van der Waals surface area contributed by atoms with Crippen LogP contribution in [0.2, 0.25) is 0 Å². The maximum absolute atomic E-state index is 6.22. The molecule has 1 aliphatic rings. The number of thioether (sulfide) groups is 1. The fraction of sp³-hybridized carbons (Fsp3) is 0.833. The molecule has 3 nitrogen and oxygen atoms in total. The van der Waals surface area contributed by atoms with Crippen LogP contribution in [0.1, 0.15) is 45.9 Å². The minimum atomic E-state index is 0.307. The van der Waals surface area contributed by atoms with Crippen LogP contribution in [0.3, 0.4) is 0 Å². The zero-order valence-corrected chi connectivity index (χ0v) is 12.4. The van der Waals surface area contributed by atoms with Gasteiger partial charge in [-0.1, -0.05) is 32.5 Å². The van der Waals surface area contributed by atoms with Crippen LogP contribution in [0.25, 0.3) is 0 Å². The Labute approximate surface area is 112 Å². The highest BCUT2D eigenvalue weighted by Crippen LogP contribution is 2.42. The second-order valence-electron chi connectivity index (χ2n) is 5.56. The van der Waals surface area contributed by atoms with Gasteiger partial charge in [0.05, 0.1) is 0 Å². The maximum atomic E-state index is 6.22. The second kappa shape index (κ2) is 5.24. The lowest BCUT2D eigenvalue weighted by Gasteiger charge is -2.38. The SMILES string of the molecule is CCc1nsc(SC2CC(C)(C)CCC2N)n1. The molecule has 1 aromatic heterocycles. The molecule has 0 amide bonds. The van der Waals surface area contributed by atoms with Crippen LogP contribution in [-0.4, -0.2) is 20.6 Å². The number of nitrogens with zero attached hydrogens (tertiary/aromatic N) is 2. The summed E-state index contributed by atoms with van der Waals surface area (Å²) in [7, 11) is 0. The van der Waals surface area contributed by atoms with Crippen molar-refractivity contribution < 1.29 is 0 Å². The molecular weight excluding hydrogens is 250 g/mol. The van der Waals surface area contributed by atoms with Crippen LogP contribution in [-0.2, 0) is 6.42 Å². The Morgan fingerprint density at radius 3 is 2.94 bits per heavy atom. The normalized spacial score (nSPS) is 28.2. The van der Waals surface area contributed by atoms with E-state index in [0.717, 1.165) is 23.0 Å². The van der Waals surface area contributed by atoms with Gasteiger partial charge in [-0.3, -0.25) is 0 Å². The third-order valence-electron chi connectivity index (χ3n) is 3.40. The van der Waals surface area contributed by atoms with E-state index in [0.29, 0.717) is 16.7 Å². The summed E-state index contributed by atoms with van der Waals surface area (Å²) in [4.78, 5) is 4.52. The summed E-state index contributed by atoms with van der Waals surface area (Å²) in [5.41, 5.74) is 6.65. The van der Waals surface area contributed by atoms with Gasteiger partial charge in [-0.2, -0.15) is 4.37 Å². The molecule has 5 heteroatoms. The largest absolute Gasteiger partial charge is 0.327 e. The summed E-state index contributed by atoms with van der Waals surface area (Å²) in [6, 6.07) is 0.307. The first-order valence-corrected chi connectivity index (χ1v) is 7.90. The van der Waals surface area contributed by atoms with Crippen molar-refractivity contribution in [2.45, 2.75) is 62.1 Å². The van der Waals surface area contributed by atoms with E-state index >= 15 is 0 Å². The lowest BCUT2D eigenvalue weighted by molar-refractivity contribution is 0.232. The van der Waals surface area contributed by atoms with Crippen LogP contribution in [0, 0.1) is 5.41 Å². The predicted octanol–water partition coefficient (Wildman–Crippen LogP) is 3.10. The fourth-order valence-electron chi connectivity index (χ4n) is 2.23. The highest BCUT2D eigenvalue weighted by molar-refractivity contribution is 8.01. The molecule has 2 rings (SSSR count). The molecule has 0 spiro atoms. The van der Waals surface area contributed by atoms with Gasteiger partial charge >= 0.3 is 0 Å². The van der Waals surface area contributed by atoms with E-state index in [4.69, 9.17) is 5.73 Å². The van der Waals surface area contributed by atoms with Gasteiger partial charge in [0.25, 0.3) is 0 Å². The Morgan fingerprint density at radius 1 is 1.53 bits per heavy atom. The van der Waals surface area contributed by atoms with E-state index in [-0.39, 0.29) is 0 Å². The standard InChI is InChI=1S/C12H21N3S2/c1-4-10-14-11(17-15-10)16-9-7-12(2,3)6-5-8(9)13/h8-9H,4-7,13H2,1-3H3. The van der Waals surface area contributed by atoms with E-state index in [9.17, 15) is 0 Å². The molecule has 1 aliphatic carbocycles. The maximum Gasteiger partial charge on any atom is 0.170 e. The zero-order valence-electron chi connectivity index (χ0n) is 10.8. The Bertz CT molecular complexity index is 376. The summed E-state index contributed by atoms with van der Waals surface area (Å²) >= 11 is 3.35. The minimum absolute atomic E-state index is 0.307. The molecule has 2 unspecified atom stereocenters. The van der Waals surface area contributed by atoms with Crippen molar-refractivity contribution in [3.63, 3.8) is 0 Å². The number of aromatic nitrogens is 2. The molecular formula is C12H21N3S2. The van der Waals surface area contributed by atoms with Gasteiger partial charge in [-0.05, 0) is 36.2 Å². The van der Waals surface area contributed by atoms with Crippen LogP contribution in [0.15, 0.2) is 4.34 Å². The van der Waals surface area contributed by atoms with E-state index < -0.39 is 0 Å². The number of aryl methyl sites for hydroxylation is 1. The first-order valence-electron chi connectivity index (χ1n) is 6.25. The van der Waals surface area contributed by atoms with Crippen molar-refractivity contribution in [1.29, 1.82) is 0 Å². The third-order valence-corrected chi connectivity index (χ3v) is 5.58. The van der Waals surface area contributed by atoms with Gasteiger partial charge in [-0.15, -0.1) is 0 Å². The average Bonchev–Trinajstić information content (AvgIpc) is 2.71. The van der Waals surface area contributed by atoms with Crippen molar-refractivity contribution >= 4 is 23.3 Å². The summed E-state index contributed by atoms with van der Waals surface area (Å²) in [6.45, 7) is 6.76. The van der Waals surface area contributed by atoms with Gasteiger partial charge in [-0.25, -0.2) is 4.98 Å². The second-order valence-corrected chi connectivity index (χ2v) is 7.80. The van der Waals surface area contributed by atoms with Crippen LogP contribution in [0.5, 0.6) is 0 Å². The smallest absolute Gasteiger partial charge is 0.170 e. The van der Waals surface area contributed by atoms with Crippen molar-refractivity contribution in [2.24, 2.45) is 11.1 Å². The Morgan fingerprint density at radius 2 is 2.29 bits per heavy atom. The van der Waals surface area contributed by atoms with Gasteiger partial charge in [0, 0.05) is 17.7 Å². The van der Waals surface area contributed by atoms with E-state index in [1.165, 1.54) is 24.4 Å². The van der Waals surface area contributed by atoms with Crippen molar-refractivity contribution in [3.8, 4) is 0 Å². The monoisotopic (exact) mass is 271 g/mol. The summed E-state index contributed by atoms with van der Waals surface area (Å²) < 4.78 is 5.41. The molecule has 1 saturated carbocycles. The van der Waals surface area contributed by atoms with Crippen LogP contribution < -0.4 is 5.73 Å². The zero-order chi connectivity index (χ0) is 12.5. The molecule has 1 aromatic rings. The summed E-state index contributed by atoms with van der Waals surface area (Å²) in [5, 5.41) is 0.497. The first kappa shape index (κ1) is 13.3. The summed E-state index contributed by atoms with van der Waals surface area (Å²) in [6.07, 6.45) is 4.46. The van der Waals surface area contributed by atoms with Gasteiger partial charge in [0.15, 0.2) is 4.34 Å². The fourth-order valence-corrected chi connectivity index (χ4v) is 4.65. The molecule has 96 valence electrons. The molecule has 0 aromatic carbocycles. The van der Waals surface area contributed by atoms with Crippen LogP contribution in [0.4, 0.5) is 0 Å². The predicted molar refractivity (Wildman–Crippen MR) is 74.5 cm³/mol.